The first kappa shape index (κ1) is 26.7. The fraction of sp³-hybridized carbons (Fsp3) is 0.500. The van der Waals surface area contributed by atoms with Gasteiger partial charge in [0, 0.05) is 19.6 Å². The number of carbonyl (C=O) groups excluding carboxylic acids is 1. The molecule has 2 aromatic rings. The molecule has 192 valence electrons. The van der Waals surface area contributed by atoms with Crippen LogP contribution in [0.5, 0.6) is 17.2 Å². The smallest absolute Gasteiger partial charge is 0.279 e. The number of methoxy groups -OCH3 is 3. The standard InChI is InChI=1S/C26H37N3O6/c1-32-22-8-5-4-7-20(22)11-16-35-19-21(30)17-28-12-14-29(15-13-28)18-25(31)27-26-23(33-2)9-6-10-24(26)34-3/h4-10,21,30H,11-19H2,1-3H3,(H,27,31)/p+1/t21-/m1/s1. The maximum atomic E-state index is 12.6. The van der Waals surface area contributed by atoms with Crippen molar-refractivity contribution in [1.29, 1.82) is 0 Å². The molecule has 0 spiro atoms. The average Bonchev–Trinajstić information content (AvgIpc) is 2.88. The lowest BCUT2D eigenvalue weighted by Gasteiger charge is -2.32. The summed E-state index contributed by atoms with van der Waals surface area (Å²) in [6, 6.07) is 13.3. The normalized spacial score (nSPS) is 15.4. The molecule has 0 saturated carbocycles. The second-order valence-corrected chi connectivity index (χ2v) is 8.60. The molecule has 9 heteroatoms. The van der Waals surface area contributed by atoms with E-state index in [0.29, 0.717) is 43.5 Å². The largest absolute Gasteiger partial charge is 0.496 e. The molecular formula is C26H38N3O6+. The highest BCUT2D eigenvalue weighted by molar-refractivity contribution is 5.94. The second kappa shape index (κ2) is 13.9. The lowest BCUT2D eigenvalue weighted by molar-refractivity contribution is -0.896. The number of aliphatic hydroxyl groups excluding tert-OH is 1. The fourth-order valence-electron chi connectivity index (χ4n) is 4.28. The fourth-order valence-corrected chi connectivity index (χ4v) is 4.28. The van der Waals surface area contributed by atoms with Gasteiger partial charge in [0.1, 0.15) is 22.9 Å². The molecule has 1 aliphatic heterocycles. The maximum Gasteiger partial charge on any atom is 0.279 e. The van der Waals surface area contributed by atoms with Crippen molar-refractivity contribution in [2.75, 3.05) is 79.1 Å². The molecule has 0 aliphatic carbocycles. The summed E-state index contributed by atoms with van der Waals surface area (Å²) in [7, 11) is 4.79. The highest BCUT2D eigenvalue weighted by Gasteiger charge is 2.24. The zero-order chi connectivity index (χ0) is 25.0. The first-order valence-corrected chi connectivity index (χ1v) is 12.0. The van der Waals surface area contributed by atoms with Crippen LogP contribution in [0.4, 0.5) is 5.69 Å². The van der Waals surface area contributed by atoms with E-state index < -0.39 is 6.10 Å². The van der Waals surface area contributed by atoms with Crippen molar-refractivity contribution in [3.05, 3.63) is 48.0 Å². The van der Waals surface area contributed by atoms with E-state index >= 15 is 0 Å². The summed E-state index contributed by atoms with van der Waals surface area (Å²) in [5.74, 6) is 1.90. The molecule has 1 fully saturated rings. The highest BCUT2D eigenvalue weighted by Crippen LogP contribution is 2.33. The summed E-state index contributed by atoms with van der Waals surface area (Å²) in [6.07, 6.45) is 0.192. The number of aliphatic hydroxyl groups is 1. The van der Waals surface area contributed by atoms with Crippen molar-refractivity contribution in [3.8, 4) is 17.2 Å². The summed E-state index contributed by atoms with van der Waals surface area (Å²) in [4.78, 5) is 16.1. The lowest BCUT2D eigenvalue weighted by Crippen LogP contribution is -3.15. The van der Waals surface area contributed by atoms with Gasteiger partial charge in [-0.25, -0.2) is 0 Å². The maximum absolute atomic E-state index is 12.6. The Bertz CT molecular complexity index is 911. The molecule has 3 N–H and O–H groups in total. The van der Waals surface area contributed by atoms with Crippen molar-refractivity contribution < 1.29 is 33.7 Å². The zero-order valence-electron chi connectivity index (χ0n) is 20.9. The van der Waals surface area contributed by atoms with Crippen LogP contribution in [0.3, 0.4) is 0 Å². The van der Waals surface area contributed by atoms with Crippen LogP contribution in [0.25, 0.3) is 0 Å². The third-order valence-corrected chi connectivity index (χ3v) is 6.15. The summed E-state index contributed by atoms with van der Waals surface area (Å²) in [6.45, 7) is 5.05. The van der Waals surface area contributed by atoms with E-state index in [9.17, 15) is 9.90 Å². The van der Waals surface area contributed by atoms with Gasteiger partial charge in [-0.2, -0.15) is 0 Å². The Labute approximate surface area is 207 Å². The van der Waals surface area contributed by atoms with Crippen molar-refractivity contribution >= 4 is 11.6 Å². The quantitative estimate of drug-likeness (QED) is 0.353. The van der Waals surface area contributed by atoms with Gasteiger partial charge in [-0.1, -0.05) is 24.3 Å². The highest BCUT2D eigenvalue weighted by atomic mass is 16.5. The Morgan fingerprint density at radius 2 is 1.63 bits per heavy atom. The van der Waals surface area contributed by atoms with Gasteiger partial charge >= 0.3 is 0 Å². The molecule has 9 nitrogen and oxygen atoms in total. The van der Waals surface area contributed by atoms with Crippen LogP contribution < -0.4 is 24.4 Å². The van der Waals surface area contributed by atoms with E-state index in [1.54, 1.807) is 33.5 Å². The Hall–Kier alpha value is -2.85. The number of β-amino-alcohol motifs (C(OH)–C–C–N with tert-alkyl or cyclic N) is 1. The third kappa shape index (κ3) is 8.10. The van der Waals surface area contributed by atoms with Gasteiger partial charge in [-0.15, -0.1) is 0 Å². The number of piperazine rings is 1. The molecule has 1 heterocycles. The summed E-state index contributed by atoms with van der Waals surface area (Å²) < 4.78 is 21.8. The number of anilines is 1. The molecule has 0 unspecified atom stereocenters. The van der Waals surface area contributed by atoms with Gasteiger partial charge in [0.05, 0.1) is 53.7 Å². The molecule has 0 radical (unpaired) electrons. The van der Waals surface area contributed by atoms with Crippen molar-refractivity contribution in [2.45, 2.75) is 12.5 Å². The van der Waals surface area contributed by atoms with Gasteiger partial charge in [-0.3, -0.25) is 9.69 Å². The van der Waals surface area contributed by atoms with E-state index in [-0.39, 0.29) is 5.91 Å². The Kier molecular flexibility index (Phi) is 10.6. The molecule has 1 saturated heterocycles. The Morgan fingerprint density at radius 3 is 2.29 bits per heavy atom. The topological polar surface area (TPSA) is 93.9 Å². The average molecular weight is 489 g/mol. The number of ether oxygens (including phenoxy) is 4. The number of carbonyl (C=O) groups is 1. The number of para-hydroxylation sites is 2. The number of hydrogen-bond donors (Lipinski definition) is 3. The first-order chi connectivity index (χ1) is 17.0. The number of quaternary nitrogens is 1. The van der Waals surface area contributed by atoms with Gasteiger partial charge < -0.3 is 34.3 Å². The molecule has 2 aromatic carbocycles. The monoisotopic (exact) mass is 488 g/mol. The molecule has 1 aliphatic rings. The SMILES string of the molecule is COc1ccccc1CCOC[C@H](O)CN1CC[NH+](CC(=O)Nc2c(OC)cccc2OC)CC1. The molecule has 35 heavy (non-hydrogen) atoms. The number of hydrogen-bond acceptors (Lipinski definition) is 7. The number of nitrogens with zero attached hydrogens (tertiary/aromatic N) is 1. The van der Waals surface area contributed by atoms with Crippen molar-refractivity contribution in [1.82, 2.24) is 4.90 Å². The third-order valence-electron chi connectivity index (χ3n) is 6.15. The van der Waals surface area contributed by atoms with Crippen LogP contribution in [-0.2, 0) is 16.0 Å². The number of rotatable bonds is 13. The van der Waals surface area contributed by atoms with Gasteiger partial charge in [0.2, 0.25) is 0 Å². The number of nitrogens with one attached hydrogen (secondary N) is 2. The van der Waals surface area contributed by atoms with Gasteiger partial charge in [0.25, 0.3) is 5.91 Å². The predicted octanol–water partition coefficient (Wildman–Crippen LogP) is 0.472. The molecule has 0 bridgehead atoms. The molecule has 1 amide bonds. The summed E-state index contributed by atoms with van der Waals surface area (Å²) in [5, 5.41) is 13.3. The first-order valence-electron chi connectivity index (χ1n) is 12.0. The minimum Gasteiger partial charge on any atom is -0.496 e. The summed E-state index contributed by atoms with van der Waals surface area (Å²) >= 11 is 0. The minimum absolute atomic E-state index is 0.0836. The predicted molar refractivity (Wildman–Crippen MR) is 134 cm³/mol. The van der Waals surface area contributed by atoms with E-state index in [2.05, 4.69) is 10.2 Å². The van der Waals surface area contributed by atoms with E-state index in [0.717, 1.165) is 43.9 Å². The minimum atomic E-state index is -0.546. The van der Waals surface area contributed by atoms with Gasteiger partial charge in [-0.05, 0) is 30.2 Å². The van der Waals surface area contributed by atoms with Gasteiger partial charge in [0.15, 0.2) is 6.54 Å². The Balaban J connectivity index is 1.34. The summed E-state index contributed by atoms with van der Waals surface area (Å²) in [5.41, 5.74) is 1.64. The molecule has 0 aromatic heterocycles. The van der Waals surface area contributed by atoms with Crippen molar-refractivity contribution in [2.24, 2.45) is 0 Å². The zero-order valence-corrected chi connectivity index (χ0v) is 20.9. The molecular weight excluding hydrogens is 450 g/mol. The van der Waals surface area contributed by atoms with E-state index in [1.165, 1.54) is 4.90 Å². The van der Waals surface area contributed by atoms with Crippen LogP contribution in [0.2, 0.25) is 0 Å². The van der Waals surface area contributed by atoms with Crippen LogP contribution in [0, 0.1) is 0 Å². The van der Waals surface area contributed by atoms with Crippen LogP contribution in [0.1, 0.15) is 5.56 Å². The molecule has 1 atom stereocenters. The Morgan fingerprint density at radius 1 is 1.00 bits per heavy atom. The number of benzene rings is 2. The van der Waals surface area contributed by atoms with Crippen LogP contribution in [-0.4, -0.2) is 95.8 Å². The van der Waals surface area contributed by atoms with Crippen LogP contribution >= 0.6 is 0 Å². The van der Waals surface area contributed by atoms with Crippen molar-refractivity contribution in [3.63, 3.8) is 0 Å². The van der Waals surface area contributed by atoms with Crippen LogP contribution in [0.15, 0.2) is 42.5 Å². The lowest BCUT2D eigenvalue weighted by atomic mass is 10.1. The second-order valence-electron chi connectivity index (χ2n) is 8.60. The molecule has 3 rings (SSSR count). The van der Waals surface area contributed by atoms with E-state index in [1.807, 2.05) is 30.3 Å². The van der Waals surface area contributed by atoms with E-state index in [4.69, 9.17) is 18.9 Å². The number of amides is 1.